The molecule has 0 amide bonds. The molecule has 4 aliphatic rings. The first kappa shape index (κ1) is 40.1. The maximum atomic E-state index is 13.3. The number of guanidine groups is 1. The number of nitrogens with one attached hydrogen (secondary N) is 1. The van der Waals surface area contributed by atoms with E-state index in [4.69, 9.17) is 53.3 Å². The molecule has 284 valence electrons. The van der Waals surface area contributed by atoms with E-state index in [1.165, 1.54) is 0 Å². The van der Waals surface area contributed by atoms with Crippen LogP contribution in [0.2, 0.25) is 0 Å². The van der Waals surface area contributed by atoms with Crippen molar-refractivity contribution in [3.05, 3.63) is 0 Å². The Morgan fingerprint density at radius 3 is 2.29 bits per heavy atom. The number of Topliss-reactive ketones (excluding diaryl/α,β-unsaturated/α-hetero) is 1. The Kier molecular flexibility index (Phi) is 14.1. The Labute approximate surface area is 284 Å². The normalized spacial score (nSPS) is 44.7. The summed E-state index contributed by atoms with van der Waals surface area (Å²) in [5, 5.41) is 77.2. The van der Waals surface area contributed by atoms with E-state index < -0.39 is 116 Å². The van der Waals surface area contributed by atoms with E-state index in [2.05, 4.69) is 10.3 Å². The van der Waals surface area contributed by atoms with Crippen LogP contribution in [0, 0.1) is 5.92 Å². The third-order valence-corrected chi connectivity index (χ3v) is 9.85. The summed E-state index contributed by atoms with van der Waals surface area (Å²) < 4.78 is 23.8. The van der Waals surface area contributed by atoms with Gasteiger partial charge in [-0.3, -0.25) is 4.79 Å². The van der Waals surface area contributed by atoms with Crippen LogP contribution in [-0.4, -0.2) is 171 Å². The van der Waals surface area contributed by atoms with E-state index in [1.54, 1.807) is 0 Å². The lowest BCUT2D eigenvalue weighted by Gasteiger charge is -2.48. The summed E-state index contributed by atoms with van der Waals surface area (Å²) in [5.41, 5.74) is 33.2. The lowest BCUT2D eigenvalue weighted by molar-refractivity contribution is -0.320. The molecule has 0 radical (unpaired) electrons. The van der Waals surface area contributed by atoms with E-state index in [-0.39, 0.29) is 44.7 Å². The van der Waals surface area contributed by atoms with E-state index in [0.29, 0.717) is 19.4 Å². The largest absolute Gasteiger partial charge is 0.394 e. The Morgan fingerprint density at radius 1 is 0.959 bits per heavy atom. The van der Waals surface area contributed by atoms with Gasteiger partial charge in [0.25, 0.3) is 0 Å². The monoisotopic (exact) mass is 708 g/mol. The van der Waals surface area contributed by atoms with Gasteiger partial charge >= 0.3 is 0 Å². The van der Waals surface area contributed by atoms with Gasteiger partial charge in [-0.1, -0.05) is 0 Å². The van der Waals surface area contributed by atoms with Crippen molar-refractivity contribution in [2.75, 3.05) is 26.2 Å². The fourth-order valence-corrected chi connectivity index (χ4v) is 6.80. The molecule has 0 aromatic carbocycles. The van der Waals surface area contributed by atoms with Gasteiger partial charge in [0.2, 0.25) is 0 Å². The average Bonchev–Trinajstić information content (AvgIpc) is 3.70. The number of ketones is 1. The van der Waals surface area contributed by atoms with E-state index in [1.807, 2.05) is 0 Å². The van der Waals surface area contributed by atoms with Crippen LogP contribution >= 0.6 is 0 Å². The third kappa shape index (κ3) is 9.60. The van der Waals surface area contributed by atoms with Crippen molar-refractivity contribution >= 4 is 11.7 Å². The Bertz CT molecular complexity index is 1110. The third-order valence-electron chi connectivity index (χ3n) is 9.85. The van der Waals surface area contributed by atoms with Crippen LogP contribution < -0.4 is 39.7 Å². The molecular formula is C29H56N8O12. The molecule has 17 atom stereocenters. The number of aliphatic hydroxyl groups is 7. The summed E-state index contributed by atoms with van der Waals surface area (Å²) >= 11 is 0. The molecule has 0 spiro atoms. The molecule has 2 aliphatic heterocycles. The maximum absolute atomic E-state index is 13.3. The van der Waals surface area contributed by atoms with Gasteiger partial charge in [0.1, 0.15) is 36.1 Å². The first-order valence-corrected chi connectivity index (χ1v) is 16.8. The van der Waals surface area contributed by atoms with E-state index >= 15 is 0 Å². The average molecular weight is 709 g/mol. The summed E-state index contributed by atoms with van der Waals surface area (Å²) in [4.78, 5) is 17.2. The van der Waals surface area contributed by atoms with Gasteiger partial charge in [-0.25, -0.2) is 4.99 Å². The molecule has 3 unspecified atom stereocenters. The maximum Gasteiger partial charge on any atom is 0.186 e. The van der Waals surface area contributed by atoms with E-state index in [9.17, 15) is 40.5 Å². The Morgan fingerprint density at radius 2 is 1.63 bits per heavy atom. The van der Waals surface area contributed by atoms with Crippen molar-refractivity contribution in [3.8, 4) is 0 Å². The zero-order chi connectivity index (χ0) is 36.2. The molecule has 2 heterocycles. The topological polar surface area (TPSA) is 376 Å². The molecule has 20 N–H and O–H groups in total. The van der Waals surface area contributed by atoms with Crippen LogP contribution in [0.1, 0.15) is 38.5 Å². The second kappa shape index (κ2) is 17.2. The summed E-state index contributed by atoms with van der Waals surface area (Å²) in [6, 6.07) is -3.87. The molecule has 4 rings (SSSR count). The smallest absolute Gasteiger partial charge is 0.186 e. The lowest BCUT2D eigenvalue weighted by atomic mass is 9.76. The fourth-order valence-electron chi connectivity index (χ4n) is 6.80. The number of aliphatic hydroxyl groups excluding tert-OH is 6. The van der Waals surface area contributed by atoms with Crippen molar-refractivity contribution in [1.29, 1.82) is 0 Å². The van der Waals surface area contributed by atoms with Crippen molar-refractivity contribution in [1.82, 2.24) is 5.32 Å². The molecule has 2 saturated heterocycles. The molecule has 0 bridgehead atoms. The number of ether oxygens (including phenoxy) is 4. The SMILES string of the molecule is NCCCC(O)CNC[C@H]1O[C@H](O[C@H]2[C@H](O)[C@@H](O[C@H]3O[C@H](CO)[C@@H](O)[C@H](N)[C@H]3O)[C@H](CC(=O)C3(O)CC3N=C(N)N)C[C@@H]2N)[C@H](N)C[C@@H]1O. The van der Waals surface area contributed by atoms with Crippen LogP contribution in [0.5, 0.6) is 0 Å². The minimum atomic E-state index is -1.83. The zero-order valence-corrected chi connectivity index (χ0v) is 27.4. The molecule has 2 aliphatic carbocycles. The van der Waals surface area contributed by atoms with Gasteiger partial charge in [-0.05, 0) is 38.1 Å². The van der Waals surface area contributed by atoms with Gasteiger partial charge in [-0.2, -0.15) is 0 Å². The Hall–Kier alpha value is -1.70. The molecule has 2 saturated carbocycles. The fraction of sp³-hybridized carbons (Fsp3) is 0.931. The minimum absolute atomic E-state index is 0.0108. The molecule has 20 nitrogen and oxygen atoms in total. The lowest BCUT2D eigenvalue weighted by Crippen LogP contribution is -2.66. The van der Waals surface area contributed by atoms with Crippen molar-refractivity contribution in [2.45, 2.75) is 136 Å². The number of aliphatic imine (C=N–C) groups is 1. The second-order valence-electron chi connectivity index (χ2n) is 13.7. The molecule has 4 fully saturated rings. The van der Waals surface area contributed by atoms with Gasteiger partial charge in [0.05, 0.1) is 49.1 Å². The highest BCUT2D eigenvalue weighted by molar-refractivity contribution is 5.92. The van der Waals surface area contributed by atoms with Gasteiger partial charge in [0, 0.05) is 32.0 Å². The first-order chi connectivity index (χ1) is 23.1. The molecule has 20 heteroatoms. The summed E-state index contributed by atoms with van der Waals surface area (Å²) in [6.07, 6.45) is -12.5. The molecule has 49 heavy (non-hydrogen) atoms. The van der Waals surface area contributed by atoms with Crippen LogP contribution in [0.4, 0.5) is 0 Å². The molecular weight excluding hydrogens is 652 g/mol. The number of carbonyl (C=O) groups excluding carboxylic acids is 1. The van der Waals surface area contributed by atoms with Crippen molar-refractivity contribution < 1.29 is 59.5 Å². The quantitative estimate of drug-likeness (QED) is 0.0523. The van der Waals surface area contributed by atoms with Gasteiger partial charge in [-0.15, -0.1) is 0 Å². The van der Waals surface area contributed by atoms with Crippen LogP contribution in [0.3, 0.4) is 0 Å². The predicted octanol–water partition coefficient (Wildman–Crippen LogP) is -7.54. The number of carbonyl (C=O) groups is 1. The first-order valence-electron chi connectivity index (χ1n) is 16.8. The van der Waals surface area contributed by atoms with Gasteiger partial charge in [0.15, 0.2) is 24.3 Å². The predicted molar refractivity (Wildman–Crippen MR) is 171 cm³/mol. The number of hydrogen-bond donors (Lipinski definition) is 14. The number of hydrogen-bond acceptors (Lipinski definition) is 18. The van der Waals surface area contributed by atoms with Crippen LogP contribution in [0.15, 0.2) is 4.99 Å². The molecule has 0 aromatic heterocycles. The number of nitrogens with zero attached hydrogens (tertiary/aromatic N) is 1. The zero-order valence-electron chi connectivity index (χ0n) is 27.4. The standard InChI is InChI=1S/C29H56N8O12/c30-3-1-2-12(39)8-36-9-16-15(40)6-14(32)26(46-16)49-25-13(31)4-11(5-19(41)29(45)7-18(29)37-28(34)35)24(23(25)44)48-27-22(43)20(33)21(42)17(10-38)47-27/h11-18,20-27,36,38-40,42-45H,1-10,30-33H2,(H4,34,35,37)/t11-,12?,13-,14+,15-,16+,17+,18?,20-,21+,22+,23+,24-,25+,26+,27+,29?/m0/s1. The highest BCUT2D eigenvalue weighted by Gasteiger charge is 2.60. The van der Waals surface area contributed by atoms with Crippen LogP contribution in [-0.2, 0) is 23.7 Å². The highest BCUT2D eigenvalue weighted by atomic mass is 16.7. The van der Waals surface area contributed by atoms with E-state index in [0.717, 1.165) is 0 Å². The summed E-state index contributed by atoms with van der Waals surface area (Å²) in [6.45, 7) is 0.191. The highest BCUT2D eigenvalue weighted by Crippen LogP contribution is 2.43. The molecule has 0 aromatic rings. The Balaban J connectivity index is 1.49. The van der Waals surface area contributed by atoms with Crippen molar-refractivity contribution in [2.24, 2.45) is 45.3 Å². The van der Waals surface area contributed by atoms with Crippen molar-refractivity contribution in [3.63, 3.8) is 0 Å². The summed E-state index contributed by atoms with van der Waals surface area (Å²) in [5.74, 6) is -1.78. The van der Waals surface area contributed by atoms with Gasteiger partial charge < -0.3 is 94.4 Å². The number of nitrogens with two attached hydrogens (primary N) is 6. The summed E-state index contributed by atoms with van der Waals surface area (Å²) in [7, 11) is 0. The van der Waals surface area contributed by atoms with Crippen LogP contribution in [0.25, 0.3) is 0 Å². The number of rotatable bonds is 16. The second-order valence-corrected chi connectivity index (χ2v) is 13.7. The minimum Gasteiger partial charge on any atom is -0.394 e.